The smallest absolute Gasteiger partial charge is 0.462 e. The summed E-state index contributed by atoms with van der Waals surface area (Å²) in [5.74, 6) is 0.208. The lowest BCUT2D eigenvalue weighted by molar-refractivity contribution is -0.161. The van der Waals surface area contributed by atoms with Crippen LogP contribution >= 0.6 is 15.6 Å². The largest absolute Gasteiger partial charge is 0.472 e. The number of phosphoric ester groups is 2. The van der Waals surface area contributed by atoms with Crippen LogP contribution in [0.1, 0.15) is 370 Å². The number of rotatable bonds is 71. The maximum atomic E-state index is 13.1. The first kappa shape index (κ1) is 90.1. The van der Waals surface area contributed by atoms with Gasteiger partial charge in [0.25, 0.3) is 0 Å². The fraction of sp³-hybridized carbons (Fsp3) is 0.945. The van der Waals surface area contributed by atoms with Crippen LogP contribution in [0, 0.1) is 17.8 Å². The minimum atomic E-state index is -4.96. The number of aliphatic hydroxyl groups is 1. The van der Waals surface area contributed by atoms with E-state index in [0.29, 0.717) is 25.7 Å². The van der Waals surface area contributed by atoms with Gasteiger partial charge in [0.1, 0.15) is 19.3 Å². The van der Waals surface area contributed by atoms with Crippen molar-refractivity contribution in [1.29, 1.82) is 0 Å². The minimum Gasteiger partial charge on any atom is -0.462 e. The van der Waals surface area contributed by atoms with Gasteiger partial charge in [-0.3, -0.25) is 37.3 Å². The van der Waals surface area contributed by atoms with Crippen molar-refractivity contribution < 1.29 is 80.2 Å². The highest BCUT2D eigenvalue weighted by molar-refractivity contribution is 7.47. The molecule has 546 valence electrons. The molecule has 17 nitrogen and oxygen atoms in total. The summed E-state index contributed by atoms with van der Waals surface area (Å²) >= 11 is 0. The van der Waals surface area contributed by atoms with E-state index in [9.17, 15) is 43.2 Å². The SMILES string of the molecule is CCCCCCCCCCCCC(=O)OC[C@H](COP(=O)(O)OC[C@H](O)COP(=O)(O)OC[C@@H](COC(=O)CCCCCCCCCCCCC(C)CC)OC(=O)CCCCCCCCCCCCCCCCCC(C)C)OC(=O)CCCCCCCCC(C)CC. The molecule has 0 saturated heterocycles. The van der Waals surface area contributed by atoms with Gasteiger partial charge in [-0.1, -0.05) is 318 Å². The van der Waals surface area contributed by atoms with Crippen LogP contribution in [0.3, 0.4) is 0 Å². The molecule has 19 heteroatoms. The Labute approximate surface area is 562 Å². The van der Waals surface area contributed by atoms with Crippen LogP contribution in [0.25, 0.3) is 0 Å². The summed E-state index contributed by atoms with van der Waals surface area (Å²) in [6.07, 6.45) is 48.5. The Hall–Kier alpha value is -1.94. The first-order valence-corrected chi connectivity index (χ1v) is 40.9. The van der Waals surface area contributed by atoms with Gasteiger partial charge >= 0.3 is 39.5 Å². The lowest BCUT2D eigenvalue weighted by Crippen LogP contribution is -2.30. The van der Waals surface area contributed by atoms with Gasteiger partial charge in [0.05, 0.1) is 26.4 Å². The summed E-state index contributed by atoms with van der Waals surface area (Å²) in [4.78, 5) is 72.6. The van der Waals surface area contributed by atoms with Crippen LogP contribution in [-0.4, -0.2) is 96.7 Å². The Morgan fingerprint density at radius 2 is 0.554 bits per heavy atom. The molecule has 0 aromatic heterocycles. The zero-order valence-corrected chi connectivity index (χ0v) is 61.8. The molecule has 0 saturated carbocycles. The highest BCUT2D eigenvalue weighted by atomic mass is 31.2. The average Bonchev–Trinajstić information content (AvgIpc) is 1.52. The zero-order valence-electron chi connectivity index (χ0n) is 60.0. The third kappa shape index (κ3) is 64.1. The molecule has 0 aliphatic carbocycles. The summed E-state index contributed by atoms with van der Waals surface area (Å²) in [5, 5.41) is 10.6. The molecule has 0 spiro atoms. The van der Waals surface area contributed by atoms with Gasteiger partial charge in [-0.15, -0.1) is 0 Å². The number of unbranched alkanes of at least 4 members (excludes halogenated alkanes) is 37. The highest BCUT2D eigenvalue weighted by Crippen LogP contribution is 2.45. The number of aliphatic hydroxyl groups excluding tert-OH is 1. The molecule has 3 N–H and O–H groups in total. The van der Waals surface area contributed by atoms with Gasteiger partial charge in [-0.05, 0) is 43.4 Å². The number of ether oxygens (including phenoxy) is 4. The first-order valence-electron chi connectivity index (χ1n) is 37.9. The predicted molar refractivity (Wildman–Crippen MR) is 372 cm³/mol. The number of esters is 4. The third-order valence-electron chi connectivity index (χ3n) is 17.6. The van der Waals surface area contributed by atoms with E-state index in [1.54, 1.807) is 0 Å². The van der Waals surface area contributed by atoms with Gasteiger partial charge in [-0.25, -0.2) is 9.13 Å². The van der Waals surface area contributed by atoms with E-state index in [4.69, 9.17) is 37.0 Å². The van der Waals surface area contributed by atoms with E-state index in [0.717, 1.165) is 108 Å². The van der Waals surface area contributed by atoms with Crippen molar-refractivity contribution in [3.05, 3.63) is 0 Å². The predicted octanol–water partition coefficient (Wildman–Crippen LogP) is 21.0. The van der Waals surface area contributed by atoms with E-state index >= 15 is 0 Å². The van der Waals surface area contributed by atoms with Gasteiger partial charge < -0.3 is 33.8 Å². The molecule has 0 bridgehead atoms. The molecule has 0 aromatic rings. The summed E-state index contributed by atoms with van der Waals surface area (Å²) in [6, 6.07) is 0. The molecule has 0 radical (unpaired) electrons. The van der Waals surface area contributed by atoms with Crippen LogP contribution < -0.4 is 0 Å². The van der Waals surface area contributed by atoms with Crippen LogP contribution in [-0.2, 0) is 65.4 Å². The molecule has 0 heterocycles. The summed E-state index contributed by atoms with van der Waals surface area (Å²) in [6.45, 7) is 11.9. The van der Waals surface area contributed by atoms with E-state index in [2.05, 4.69) is 48.5 Å². The Balaban J connectivity index is 5.24. The van der Waals surface area contributed by atoms with Crippen molar-refractivity contribution >= 4 is 39.5 Å². The number of carbonyl (C=O) groups is 4. The monoisotopic (exact) mass is 1350 g/mol. The Kier molecular flexibility index (Phi) is 62.4. The number of hydrogen-bond donors (Lipinski definition) is 3. The van der Waals surface area contributed by atoms with Crippen LogP contribution in [0.4, 0.5) is 0 Å². The second-order valence-electron chi connectivity index (χ2n) is 27.3. The highest BCUT2D eigenvalue weighted by Gasteiger charge is 2.30. The molecular weight excluding hydrogens is 1210 g/mol. The maximum Gasteiger partial charge on any atom is 0.472 e. The van der Waals surface area contributed by atoms with Crippen molar-refractivity contribution in [2.24, 2.45) is 17.8 Å². The molecular formula is C73H142O17P2. The van der Waals surface area contributed by atoms with Gasteiger partial charge in [-0.2, -0.15) is 0 Å². The molecule has 0 aromatic carbocycles. The van der Waals surface area contributed by atoms with E-state index < -0.39 is 97.5 Å². The molecule has 92 heavy (non-hydrogen) atoms. The van der Waals surface area contributed by atoms with Crippen molar-refractivity contribution in [3.63, 3.8) is 0 Å². The number of hydrogen-bond acceptors (Lipinski definition) is 15. The van der Waals surface area contributed by atoms with Crippen molar-refractivity contribution in [1.82, 2.24) is 0 Å². The maximum absolute atomic E-state index is 13.1. The quantitative estimate of drug-likeness (QED) is 0.0222. The Morgan fingerprint density at radius 1 is 0.315 bits per heavy atom. The van der Waals surface area contributed by atoms with Gasteiger partial charge in [0.2, 0.25) is 0 Å². The molecule has 0 amide bonds. The Bertz CT molecular complexity index is 1810. The normalized spacial score (nSPS) is 14.7. The van der Waals surface area contributed by atoms with Gasteiger partial charge in [0.15, 0.2) is 12.2 Å². The van der Waals surface area contributed by atoms with Crippen molar-refractivity contribution in [3.8, 4) is 0 Å². The topological polar surface area (TPSA) is 237 Å². The third-order valence-corrected chi connectivity index (χ3v) is 19.5. The van der Waals surface area contributed by atoms with Crippen LogP contribution in [0.15, 0.2) is 0 Å². The van der Waals surface area contributed by atoms with Crippen LogP contribution in [0.2, 0.25) is 0 Å². The van der Waals surface area contributed by atoms with E-state index in [1.807, 2.05) is 0 Å². The first-order chi connectivity index (χ1) is 44.3. The molecule has 0 fully saturated rings. The summed E-state index contributed by atoms with van der Waals surface area (Å²) in [5.41, 5.74) is 0. The summed E-state index contributed by atoms with van der Waals surface area (Å²) < 4.78 is 68.4. The second-order valence-corrected chi connectivity index (χ2v) is 30.2. The van der Waals surface area contributed by atoms with E-state index in [-0.39, 0.29) is 25.7 Å². The lowest BCUT2D eigenvalue weighted by atomic mass is 9.99. The summed E-state index contributed by atoms with van der Waals surface area (Å²) in [7, 11) is -9.91. The average molecular weight is 1350 g/mol. The minimum absolute atomic E-state index is 0.103. The molecule has 0 aliphatic rings. The molecule has 0 aliphatic heterocycles. The number of carbonyl (C=O) groups excluding carboxylic acids is 4. The molecule has 0 rings (SSSR count). The van der Waals surface area contributed by atoms with E-state index in [1.165, 1.54) is 180 Å². The molecule has 4 unspecified atom stereocenters. The lowest BCUT2D eigenvalue weighted by Gasteiger charge is -2.21. The standard InChI is InChI=1S/C73H142O17P2/c1-8-11-12-13-14-15-27-32-40-47-54-70(75)84-61-69(90-73(78)57-50-43-36-35-39-46-53-66(7)10-3)63-88-92(81,82)86-59-67(74)58-85-91(79,80)87-62-68(60-83-71(76)55-48-41-33-28-24-23-26-31-38-45-52-65(6)9-2)89-72(77)56-49-42-34-29-22-20-18-16-17-19-21-25-30-37-44-51-64(4)5/h64-69,74H,8-63H2,1-7H3,(H,79,80)(H,81,82)/t65?,66?,67-,68-,69-/m1/s1. The van der Waals surface area contributed by atoms with Crippen LogP contribution in [0.5, 0.6) is 0 Å². The Morgan fingerprint density at radius 3 is 0.826 bits per heavy atom. The fourth-order valence-corrected chi connectivity index (χ4v) is 12.6. The van der Waals surface area contributed by atoms with Crippen molar-refractivity contribution in [2.45, 2.75) is 388 Å². The fourth-order valence-electron chi connectivity index (χ4n) is 11.0. The number of phosphoric acid groups is 2. The second kappa shape index (κ2) is 63.8. The van der Waals surface area contributed by atoms with Gasteiger partial charge in [0, 0.05) is 25.7 Å². The van der Waals surface area contributed by atoms with Crippen molar-refractivity contribution in [2.75, 3.05) is 39.6 Å². The zero-order chi connectivity index (χ0) is 68.0. The molecule has 7 atom stereocenters.